The van der Waals surface area contributed by atoms with Gasteiger partial charge in [0.15, 0.2) is 0 Å². The molecule has 112 valence electrons. The number of nitrogens with one attached hydrogen (secondary N) is 1. The fourth-order valence-electron chi connectivity index (χ4n) is 2.13. The van der Waals surface area contributed by atoms with Crippen LogP contribution in [0.2, 0.25) is 0 Å². The summed E-state index contributed by atoms with van der Waals surface area (Å²) in [4.78, 5) is 13.7. The van der Waals surface area contributed by atoms with Gasteiger partial charge < -0.3 is 20.1 Å². The van der Waals surface area contributed by atoms with Crippen LogP contribution in [-0.4, -0.2) is 53.0 Å². The lowest BCUT2D eigenvalue weighted by Crippen LogP contribution is -2.53. The van der Waals surface area contributed by atoms with E-state index in [2.05, 4.69) is 5.32 Å². The van der Waals surface area contributed by atoms with Gasteiger partial charge in [-0.3, -0.25) is 0 Å². The average Bonchev–Trinajstić information content (AvgIpc) is 2.27. The van der Waals surface area contributed by atoms with E-state index in [-0.39, 0.29) is 18.2 Å². The number of hydrogen-bond donors (Lipinski definition) is 2. The monoisotopic (exact) mass is 272 g/mol. The molecule has 1 amide bonds. The minimum Gasteiger partial charge on any atom is -0.444 e. The Balaban J connectivity index is 2.39. The Hall–Kier alpha value is -0.810. The molecule has 1 aliphatic heterocycles. The molecule has 5 nitrogen and oxygen atoms in total. The van der Waals surface area contributed by atoms with Gasteiger partial charge in [0.1, 0.15) is 5.60 Å². The third-order valence-electron chi connectivity index (χ3n) is 3.14. The lowest BCUT2D eigenvalue weighted by atomic mass is 9.99. The van der Waals surface area contributed by atoms with Crippen molar-refractivity contribution in [1.29, 1.82) is 0 Å². The Morgan fingerprint density at radius 1 is 1.26 bits per heavy atom. The second-order valence-corrected chi connectivity index (χ2v) is 6.93. The van der Waals surface area contributed by atoms with E-state index in [4.69, 9.17) is 4.74 Å². The molecule has 1 rings (SSSR count). The fraction of sp³-hybridized carbons (Fsp3) is 0.929. The average molecular weight is 272 g/mol. The molecule has 19 heavy (non-hydrogen) atoms. The van der Waals surface area contributed by atoms with Crippen LogP contribution in [0.15, 0.2) is 0 Å². The maximum atomic E-state index is 11.9. The van der Waals surface area contributed by atoms with E-state index in [0.717, 1.165) is 12.8 Å². The van der Waals surface area contributed by atoms with E-state index in [0.29, 0.717) is 19.1 Å². The third-order valence-corrected chi connectivity index (χ3v) is 3.14. The van der Waals surface area contributed by atoms with E-state index >= 15 is 0 Å². The van der Waals surface area contributed by atoms with Gasteiger partial charge in [0, 0.05) is 24.7 Å². The lowest BCUT2D eigenvalue weighted by Gasteiger charge is -2.37. The fourth-order valence-corrected chi connectivity index (χ4v) is 2.13. The number of piperidine rings is 1. The Labute approximate surface area is 116 Å². The molecule has 1 saturated heterocycles. The summed E-state index contributed by atoms with van der Waals surface area (Å²) < 4.78 is 5.36. The zero-order chi connectivity index (χ0) is 14.7. The van der Waals surface area contributed by atoms with Crippen molar-refractivity contribution >= 4 is 6.09 Å². The second-order valence-electron chi connectivity index (χ2n) is 6.93. The first kappa shape index (κ1) is 16.2. The second kappa shape index (κ2) is 6.09. The maximum Gasteiger partial charge on any atom is 0.410 e. The number of ether oxygens (including phenoxy) is 1. The molecule has 0 unspecified atom stereocenters. The summed E-state index contributed by atoms with van der Waals surface area (Å²) in [5, 5.41) is 12.7. The van der Waals surface area contributed by atoms with E-state index in [1.165, 1.54) is 0 Å². The molecule has 0 saturated carbocycles. The standard InChI is InChI=1S/C14H28N2O3/c1-13(2,3)19-12(18)16-8-6-11(7-9-16)15-14(4,5)10-17/h11,15,17H,6-10H2,1-5H3. The predicted molar refractivity (Wildman–Crippen MR) is 75.1 cm³/mol. The molecule has 1 heterocycles. The van der Waals surface area contributed by atoms with E-state index < -0.39 is 5.60 Å². The van der Waals surface area contributed by atoms with Crippen LogP contribution in [0.5, 0.6) is 0 Å². The first-order chi connectivity index (χ1) is 8.63. The molecular formula is C14H28N2O3. The van der Waals surface area contributed by atoms with Crippen LogP contribution in [0.4, 0.5) is 4.79 Å². The van der Waals surface area contributed by atoms with Crippen molar-refractivity contribution in [2.45, 2.75) is 64.6 Å². The minimum absolute atomic E-state index is 0.110. The molecule has 0 spiro atoms. The van der Waals surface area contributed by atoms with Gasteiger partial charge in [-0.2, -0.15) is 0 Å². The summed E-state index contributed by atoms with van der Waals surface area (Å²) in [5.74, 6) is 0. The number of carbonyl (C=O) groups excluding carboxylic acids is 1. The Bertz CT molecular complexity index is 302. The molecule has 0 bridgehead atoms. The van der Waals surface area contributed by atoms with Gasteiger partial charge in [-0.15, -0.1) is 0 Å². The van der Waals surface area contributed by atoms with E-state index in [1.807, 2.05) is 34.6 Å². The van der Waals surface area contributed by atoms with Crippen molar-refractivity contribution in [3.63, 3.8) is 0 Å². The van der Waals surface area contributed by atoms with Gasteiger partial charge in [0.25, 0.3) is 0 Å². The topological polar surface area (TPSA) is 61.8 Å². The van der Waals surface area contributed by atoms with E-state index in [9.17, 15) is 9.90 Å². The minimum atomic E-state index is -0.439. The van der Waals surface area contributed by atoms with Gasteiger partial charge >= 0.3 is 6.09 Å². The number of nitrogens with zero attached hydrogens (tertiary/aromatic N) is 1. The summed E-state index contributed by atoms with van der Waals surface area (Å²) >= 11 is 0. The van der Waals surface area contributed by atoms with Crippen LogP contribution in [0.3, 0.4) is 0 Å². The quantitative estimate of drug-likeness (QED) is 0.821. The summed E-state index contributed by atoms with van der Waals surface area (Å²) in [6.07, 6.45) is 1.55. The third kappa shape index (κ3) is 5.78. The van der Waals surface area contributed by atoms with Crippen LogP contribution < -0.4 is 5.32 Å². The molecule has 2 N–H and O–H groups in total. The molecule has 0 aromatic carbocycles. The smallest absolute Gasteiger partial charge is 0.410 e. The number of hydrogen-bond acceptors (Lipinski definition) is 4. The van der Waals surface area contributed by atoms with Gasteiger partial charge in [-0.1, -0.05) is 0 Å². The van der Waals surface area contributed by atoms with Gasteiger partial charge in [-0.25, -0.2) is 4.79 Å². The number of amides is 1. The lowest BCUT2D eigenvalue weighted by molar-refractivity contribution is 0.0186. The largest absolute Gasteiger partial charge is 0.444 e. The highest BCUT2D eigenvalue weighted by molar-refractivity contribution is 5.68. The highest BCUT2D eigenvalue weighted by atomic mass is 16.6. The normalized spacial score (nSPS) is 18.5. The molecule has 0 aromatic rings. The van der Waals surface area contributed by atoms with Gasteiger partial charge in [0.2, 0.25) is 0 Å². The van der Waals surface area contributed by atoms with Crippen LogP contribution in [0.1, 0.15) is 47.5 Å². The van der Waals surface area contributed by atoms with Crippen LogP contribution >= 0.6 is 0 Å². The number of aliphatic hydroxyl groups is 1. The Morgan fingerprint density at radius 2 is 1.79 bits per heavy atom. The molecule has 1 fully saturated rings. The van der Waals surface area contributed by atoms with Crippen LogP contribution in [0, 0.1) is 0 Å². The van der Waals surface area contributed by atoms with Crippen LogP contribution in [-0.2, 0) is 4.74 Å². The molecular weight excluding hydrogens is 244 g/mol. The molecule has 0 aliphatic carbocycles. The van der Waals surface area contributed by atoms with Crippen LogP contribution in [0.25, 0.3) is 0 Å². The highest BCUT2D eigenvalue weighted by Crippen LogP contribution is 2.17. The summed E-state index contributed by atoms with van der Waals surface area (Å²) in [6, 6.07) is 0.348. The van der Waals surface area contributed by atoms with Gasteiger partial charge in [-0.05, 0) is 47.5 Å². The molecule has 0 atom stereocenters. The number of likely N-dealkylation sites (tertiary alicyclic amines) is 1. The number of carbonyl (C=O) groups is 1. The summed E-state index contributed by atoms with van der Waals surface area (Å²) in [5.41, 5.74) is -0.705. The van der Waals surface area contributed by atoms with Gasteiger partial charge in [0.05, 0.1) is 6.61 Å². The Morgan fingerprint density at radius 3 is 2.21 bits per heavy atom. The van der Waals surface area contributed by atoms with Crippen molar-refractivity contribution in [1.82, 2.24) is 10.2 Å². The first-order valence-electron chi connectivity index (χ1n) is 6.99. The predicted octanol–water partition coefficient (Wildman–Crippen LogP) is 1.75. The molecule has 5 heteroatoms. The molecule has 0 aromatic heterocycles. The molecule has 0 radical (unpaired) electrons. The Kier molecular flexibility index (Phi) is 5.21. The van der Waals surface area contributed by atoms with Crippen molar-refractivity contribution < 1.29 is 14.6 Å². The SMILES string of the molecule is CC(C)(CO)NC1CCN(C(=O)OC(C)(C)C)CC1. The summed E-state index contributed by atoms with van der Waals surface area (Å²) in [6.45, 7) is 11.1. The maximum absolute atomic E-state index is 11.9. The van der Waals surface area contributed by atoms with E-state index in [1.54, 1.807) is 4.90 Å². The summed E-state index contributed by atoms with van der Waals surface area (Å²) in [7, 11) is 0. The van der Waals surface area contributed by atoms with Crippen molar-refractivity contribution in [2.75, 3.05) is 19.7 Å². The number of aliphatic hydroxyl groups excluding tert-OH is 1. The number of rotatable bonds is 3. The van der Waals surface area contributed by atoms with Crippen molar-refractivity contribution in [3.05, 3.63) is 0 Å². The highest BCUT2D eigenvalue weighted by Gasteiger charge is 2.29. The zero-order valence-corrected chi connectivity index (χ0v) is 12.8. The zero-order valence-electron chi connectivity index (χ0n) is 12.8. The van der Waals surface area contributed by atoms with Crippen molar-refractivity contribution in [2.24, 2.45) is 0 Å². The van der Waals surface area contributed by atoms with Crippen molar-refractivity contribution in [3.8, 4) is 0 Å². The first-order valence-corrected chi connectivity index (χ1v) is 6.99. The molecule has 1 aliphatic rings.